The summed E-state index contributed by atoms with van der Waals surface area (Å²) in [7, 11) is 8.29. The van der Waals surface area contributed by atoms with E-state index < -0.39 is 15.8 Å². The quantitative estimate of drug-likeness (QED) is 0.112. The molecule has 12 rings (SSSR count). The van der Waals surface area contributed by atoms with Crippen molar-refractivity contribution in [1.82, 2.24) is 0 Å². The third-order valence-corrected chi connectivity index (χ3v) is 17.7. The van der Waals surface area contributed by atoms with Crippen molar-refractivity contribution in [3.8, 4) is 0 Å². The Balaban J connectivity index is 0.000000309. The van der Waals surface area contributed by atoms with E-state index in [0.29, 0.717) is 0 Å². The second-order valence-corrected chi connectivity index (χ2v) is 25.9. The van der Waals surface area contributed by atoms with Crippen molar-refractivity contribution in [1.29, 1.82) is 0 Å². The van der Waals surface area contributed by atoms with E-state index in [4.69, 9.17) is 30.8 Å². The summed E-state index contributed by atoms with van der Waals surface area (Å²) in [5, 5.41) is 8.93. The van der Waals surface area contributed by atoms with Gasteiger partial charge in [0.2, 0.25) is 0 Å². The van der Waals surface area contributed by atoms with Crippen LogP contribution in [0.4, 0.5) is 0 Å². The van der Waals surface area contributed by atoms with Crippen LogP contribution in [0.5, 0.6) is 0 Å². The van der Waals surface area contributed by atoms with E-state index in [0.717, 1.165) is 36.8 Å². The first-order chi connectivity index (χ1) is 33.2. The van der Waals surface area contributed by atoms with Gasteiger partial charge in [-0.3, -0.25) is 0 Å². The van der Waals surface area contributed by atoms with Crippen LogP contribution >= 0.6 is 35.2 Å². The van der Waals surface area contributed by atoms with Crippen molar-refractivity contribution in [3.05, 3.63) is 248 Å². The summed E-state index contributed by atoms with van der Waals surface area (Å²) in [6.07, 6.45) is 4.14. The van der Waals surface area contributed by atoms with Gasteiger partial charge in [0.1, 0.15) is 0 Å². The minimum atomic E-state index is -0.707. The zero-order chi connectivity index (χ0) is 49.2. The number of nitrogens with two attached hydrogens (primary N) is 2. The van der Waals surface area contributed by atoms with Crippen LogP contribution < -0.4 is 43.3 Å². The molecule has 0 spiro atoms. The molecule has 4 aliphatic rings. The molecule has 0 amide bonds. The van der Waals surface area contributed by atoms with Crippen LogP contribution in [-0.4, -0.2) is 0 Å². The fraction of sp³-hybridized carbons (Fsp3) is 0.226. The van der Waals surface area contributed by atoms with Crippen molar-refractivity contribution in [3.63, 3.8) is 0 Å². The standard InChI is InChI=1S/C48H50P2.C14H16N2.2ClH.Ru/c1-31-17-32(2)22-43(21-31)49(44-23-33(3)18-34(4)24-44)47-29-39-9-13-41(47)15-11-40-10-14-42(16-12-39)48(30-40)50(45-25-35(5)19-36(6)26-45)46-27-37(7)20-38(8)28-46;15-13(11-7-3-1-4-8-11)14(16)12-9-5-2-6-10-12;;;/h9-10,13-14,17-30H,11-12,15-16H2,1-8H3;1-10,13-14H,15-16H2;2*1H;/q;;;;+2/p-2/t;13-,14-;;;/m.1.../s1. The molecule has 0 radical (unpaired) electrons. The molecule has 8 aromatic carbocycles. The molecule has 0 heterocycles. The van der Waals surface area contributed by atoms with Gasteiger partial charge in [-0.2, -0.15) is 0 Å². The van der Waals surface area contributed by atoms with Crippen LogP contribution in [-0.2, 0) is 40.8 Å². The normalized spacial score (nSPS) is 13.0. The van der Waals surface area contributed by atoms with Gasteiger partial charge in [-0.05, 0) is 162 Å². The summed E-state index contributed by atoms with van der Waals surface area (Å²) < 4.78 is 0. The van der Waals surface area contributed by atoms with Crippen molar-refractivity contribution in [2.24, 2.45) is 11.5 Å². The monoisotopic (exact) mass is 1070 g/mol. The third kappa shape index (κ3) is 14.0. The maximum absolute atomic E-state index is 6.15. The number of benzene rings is 8. The van der Waals surface area contributed by atoms with Crippen LogP contribution in [0.1, 0.15) is 90.0 Å². The molecule has 0 fully saturated rings. The number of halogens is 2. The van der Waals surface area contributed by atoms with Crippen molar-refractivity contribution in [2.45, 2.75) is 93.2 Å². The van der Waals surface area contributed by atoms with E-state index in [2.05, 4.69) is 165 Å². The van der Waals surface area contributed by atoms with E-state index in [1.165, 1.54) is 98.6 Å². The number of hydrogen-bond acceptors (Lipinski definition) is 2. The van der Waals surface area contributed by atoms with E-state index in [-0.39, 0.29) is 27.2 Å². The van der Waals surface area contributed by atoms with Crippen LogP contribution in [0, 0.1) is 55.4 Å². The molecule has 69 heavy (non-hydrogen) atoms. The summed E-state index contributed by atoms with van der Waals surface area (Å²) >= 11 is -0.346. The number of hydrogen-bond donors (Lipinski definition) is 2. The van der Waals surface area contributed by atoms with Gasteiger partial charge in [0, 0.05) is 12.1 Å². The molecule has 356 valence electrons. The predicted molar refractivity (Wildman–Crippen MR) is 301 cm³/mol. The molecule has 8 aromatic rings. The minimum absolute atomic E-state index is 0.163. The van der Waals surface area contributed by atoms with Crippen molar-refractivity contribution < 1.29 is 15.1 Å². The van der Waals surface area contributed by atoms with Gasteiger partial charge in [0.25, 0.3) is 0 Å². The Morgan fingerprint density at radius 3 is 0.884 bits per heavy atom. The molecule has 2 atom stereocenters. The molecule has 0 aliphatic heterocycles. The summed E-state index contributed by atoms with van der Waals surface area (Å²) in [5.41, 5.74) is 31.1. The Labute approximate surface area is 431 Å². The molecule has 0 saturated carbocycles. The number of rotatable bonds is 9. The first kappa shape index (κ1) is 52.6. The van der Waals surface area contributed by atoms with Gasteiger partial charge in [-0.1, -0.05) is 214 Å². The second-order valence-electron chi connectivity index (χ2n) is 18.9. The maximum atomic E-state index is 6.15. The van der Waals surface area contributed by atoms with E-state index in [1.807, 2.05) is 60.7 Å². The SMILES string of the molecule is Cc1cc(C)cc(P(c2cc(C)cc(C)c2)c2cc3ccc2CCc2ccc(c(P(c4cc(C)cc(C)c4)c4cc(C)cc(C)c4)c2)CC3)c1.N[C@H](c1ccccc1)[C@H](N)c1ccccc1.[Cl][Ru][Cl]. The Morgan fingerprint density at radius 2 is 0.623 bits per heavy atom. The summed E-state index contributed by atoms with van der Waals surface area (Å²) in [6, 6.07) is 63.4. The summed E-state index contributed by atoms with van der Waals surface area (Å²) in [4.78, 5) is 0. The fourth-order valence-electron chi connectivity index (χ4n) is 9.87. The summed E-state index contributed by atoms with van der Waals surface area (Å²) in [5.74, 6) is 0. The molecule has 0 unspecified atom stereocenters. The van der Waals surface area contributed by atoms with Crippen LogP contribution in [0.15, 0.2) is 170 Å². The van der Waals surface area contributed by atoms with Crippen LogP contribution in [0.25, 0.3) is 0 Å². The number of aryl methyl sites for hydroxylation is 12. The van der Waals surface area contributed by atoms with Crippen molar-refractivity contribution >= 4 is 67.1 Å². The zero-order valence-corrected chi connectivity index (χ0v) is 46.3. The van der Waals surface area contributed by atoms with Gasteiger partial charge in [-0.25, -0.2) is 0 Å². The molecule has 7 heteroatoms. The van der Waals surface area contributed by atoms with Gasteiger partial charge >= 0.3 is 34.5 Å². The van der Waals surface area contributed by atoms with E-state index in [9.17, 15) is 0 Å². The molecule has 0 aromatic heterocycles. The third-order valence-electron chi connectivity index (χ3n) is 12.8. The molecule has 4 bridgehead atoms. The molecule has 0 saturated heterocycles. The molecule has 4 aliphatic carbocycles. The van der Waals surface area contributed by atoms with Gasteiger partial charge < -0.3 is 11.5 Å². The topological polar surface area (TPSA) is 52.0 Å². The molecule has 4 N–H and O–H groups in total. The second kappa shape index (κ2) is 24.7. The average Bonchev–Trinajstić information content (AvgIpc) is 3.30. The van der Waals surface area contributed by atoms with E-state index in [1.54, 1.807) is 0 Å². The average molecular weight is 1070 g/mol. The zero-order valence-electron chi connectivity index (χ0n) is 41.3. The van der Waals surface area contributed by atoms with Crippen LogP contribution in [0.3, 0.4) is 0 Å². The van der Waals surface area contributed by atoms with Crippen molar-refractivity contribution in [2.75, 3.05) is 0 Å². The first-order valence-corrected chi connectivity index (χ1v) is 31.0. The predicted octanol–water partition coefficient (Wildman–Crippen LogP) is 13.3. The van der Waals surface area contributed by atoms with E-state index >= 15 is 0 Å². The Kier molecular flexibility index (Phi) is 18.8. The Bertz CT molecular complexity index is 2610. The van der Waals surface area contributed by atoms with Gasteiger partial charge in [0.15, 0.2) is 0 Å². The molecular formula is C62H66Cl2N2P2Ru. The summed E-state index contributed by atoms with van der Waals surface area (Å²) in [6.45, 7) is 18.0. The first-order valence-electron chi connectivity index (χ1n) is 23.8. The Hall–Kier alpha value is -4.26. The fourth-order valence-corrected chi connectivity index (χ4v) is 15.8. The van der Waals surface area contributed by atoms with Gasteiger partial charge in [0.05, 0.1) is 0 Å². The van der Waals surface area contributed by atoms with Gasteiger partial charge in [-0.15, -0.1) is 0 Å². The Morgan fingerprint density at radius 1 is 0.362 bits per heavy atom. The molecule has 2 nitrogen and oxygen atoms in total. The molecular weight excluding hydrogens is 1010 g/mol. The van der Waals surface area contributed by atoms with Crippen LogP contribution in [0.2, 0.25) is 0 Å².